The maximum Gasteiger partial charge on any atom is 0.128 e. The maximum absolute atomic E-state index is 4.87. The summed E-state index contributed by atoms with van der Waals surface area (Å²) in [5.74, 6) is 0.645. The minimum Gasteiger partial charge on any atom is -0.236 e. The van der Waals surface area contributed by atoms with Crippen LogP contribution in [0.15, 0.2) is 54.9 Å². The minimum absolute atomic E-state index is 0.0337. The number of nitrogens with zero attached hydrogens (tertiary/aromatic N) is 2. The van der Waals surface area contributed by atoms with Gasteiger partial charge in [-0.3, -0.25) is 0 Å². The van der Waals surface area contributed by atoms with E-state index in [0.717, 1.165) is 16.9 Å². The quantitative estimate of drug-likeness (QED) is 0.245. The molecule has 0 spiro atoms. The van der Waals surface area contributed by atoms with Crippen LogP contribution in [-0.2, 0) is 11.8 Å². The fourth-order valence-electron chi connectivity index (χ4n) is 5.34. The molecule has 0 unspecified atom stereocenters. The molecule has 0 aliphatic heterocycles. The van der Waals surface area contributed by atoms with E-state index in [1.54, 1.807) is 6.33 Å². The van der Waals surface area contributed by atoms with Crippen LogP contribution in [0.5, 0.6) is 0 Å². The molecule has 3 aromatic carbocycles. The fourth-order valence-corrected chi connectivity index (χ4v) is 7.80. The van der Waals surface area contributed by atoms with E-state index >= 15 is 0 Å². The summed E-state index contributed by atoms with van der Waals surface area (Å²) in [6.07, 6.45) is 2.86. The van der Waals surface area contributed by atoms with E-state index in [2.05, 4.69) is 90.1 Å². The zero-order valence-corrected chi connectivity index (χ0v) is 22.8. The van der Waals surface area contributed by atoms with Crippen molar-refractivity contribution in [1.82, 2.24) is 9.97 Å². The lowest BCUT2D eigenvalue weighted by Crippen LogP contribution is -2.12. The van der Waals surface area contributed by atoms with Crippen molar-refractivity contribution in [2.75, 3.05) is 0 Å². The highest BCUT2D eigenvalue weighted by atomic mass is 32.1. The first-order valence-corrected chi connectivity index (χ1v) is 14.0. The fraction of sp³-hybridized carbons (Fsp3) is 0.290. The van der Waals surface area contributed by atoms with Crippen molar-refractivity contribution in [2.45, 2.75) is 53.4 Å². The molecule has 0 saturated carbocycles. The SMILES string of the molecule is Cc1sc2c(ccc3c2sc2ncnc(-c4cc(C(C)(C)C)c5ccccc5c4)c23)c1CC(C)C. The van der Waals surface area contributed by atoms with Crippen LogP contribution in [0.3, 0.4) is 0 Å². The summed E-state index contributed by atoms with van der Waals surface area (Å²) in [4.78, 5) is 12.1. The Kier molecular flexibility index (Phi) is 5.24. The number of thiophene rings is 2. The molecular weight excluding hydrogens is 464 g/mol. The molecule has 2 nitrogen and oxygen atoms in total. The van der Waals surface area contributed by atoms with Crippen molar-refractivity contribution in [3.05, 3.63) is 70.9 Å². The Bertz CT molecular complexity index is 1750. The molecule has 0 N–H and O–H groups in total. The molecule has 3 heterocycles. The molecule has 3 aromatic heterocycles. The molecule has 0 aliphatic carbocycles. The highest BCUT2D eigenvalue weighted by Gasteiger charge is 2.22. The van der Waals surface area contributed by atoms with Crippen molar-refractivity contribution in [2.24, 2.45) is 5.92 Å². The Morgan fingerprint density at radius 1 is 0.857 bits per heavy atom. The standard InChI is InChI=1S/C31H30N2S2/c1-17(2)13-24-18(3)34-28-22(24)11-12-23-26-27(32-16-33-30(26)35-29(23)28)20-14-19-9-7-8-10-21(19)25(15-20)31(4,5)6/h7-12,14-17H,13H2,1-6H3. The summed E-state index contributed by atoms with van der Waals surface area (Å²) < 4.78 is 2.75. The Morgan fingerprint density at radius 2 is 1.60 bits per heavy atom. The molecule has 176 valence electrons. The molecule has 4 heteroatoms. The molecule has 0 atom stereocenters. The molecule has 0 saturated heterocycles. The number of fused-ring (bicyclic) bond motifs is 6. The zero-order chi connectivity index (χ0) is 24.5. The van der Waals surface area contributed by atoms with Crippen LogP contribution in [0.25, 0.3) is 52.4 Å². The third kappa shape index (κ3) is 3.66. The van der Waals surface area contributed by atoms with Crippen LogP contribution in [-0.4, -0.2) is 9.97 Å². The molecular formula is C31H30N2S2. The number of aromatic nitrogens is 2. The van der Waals surface area contributed by atoms with Crippen molar-refractivity contribution in [3.63, 3.8) is 0 Å². The monoisotopic (exact) mass is 494 g/mol. The average Bonchev–Trinajstić information content (AvgIpc) is 3.35. The molecule has 0 radical (unpaired) electrons. The second kappa shape index (κ2) is 8.11. The summed E-state index contributed by atoms with van der Waals surface area (Å²) in [6, 6.07) is 18.0. The van der Waals surface area contributed by atoms with E-state index in [4.69, 9.17) is 9.97 Å². The summed E-state index contributed by atoms with van der Waals surface area (Å²) in [5, 5.41) is 6.45. The lowest BCUT2D eigenvalue weighted by molar-refractivity contribution is 0.596. The van der Waals surface area contributed by atoms with Crippen LogP contribution in [0, 0.1) is 12.8 Å². The first-order chi connectivity index (χ1) is 16.7. The maximum atomic E-state index is 4.87. The van der Waals surface area contributed by atoms with Crippen LogP contribution in [0.2, 0.25) is 0 Å². The molecule has 0 bridgehead atoms. The van der Waals surface area contributed by atoms with Gasteiger partial charge in [0.05, 0.1) is 15.1 Å². The van der Waals surface area contributed by atoms with Gasteiger partial charge in [0.25, 0.3) is 0 Å². The average molecular weight is 495 g/mol. The van der Waals surface area contributed by atoms with Gasteiger partial charge < -0.3 is 0 Å². The smallest absolute Gasteiger partial charge is 0.128 e. The predicted molar refractivity (Wildman–Crippen MR) is 155 cm³/mol. The lowest BCUT2D eigenvalue weighted by Gasteiger charge is -2.22. The van der Waals surface area contributed by atoms with E-state index in [9.17, 15) is 0 Å². The van der Waals surface area contributed by atoms with Gasteiger partial charge >= 0.3 is 0 Å². The van der Waals surface area contributed by atoms with Crippen LogP contribution < -0.4 is 0 Å². The van der Waals surface area contributed by atoms with Crippen LogP contribution in [0.1, 0.15) is 50.6 Å². The Labute approximate surface area is 214 Å². The Morgan fingerprint density at radius 3 is 2.37 bits per heavy atom. The Balaban J connectivity index is 1.66. The van der Waals surface area contributed by atoms with E-state index in [1.807, 2.05) is 22.7 Å². The third-order valence-electron chi connectivity index (χ3n) is 6.95. The van der Waals surface area contributed by atoms with Crippen LogP contribution in [0.4, 0.5) is 0 Å². The molecule has 6 rings (SSSR count). The number of rotatable bonds is 3. The van der Waals surface area contributed by atoms with Gasteiger partial charge in [0.1, 0.15) is 11.2 Å². The third-order valence-corrected chi connectivity index (χ3v) is 9.39. The summed E-state index contributed by atoms with van der Waals surface area (Å²) in [7, 11) is 0. The minimum atomic E-state index is 0.0337. The number of hydrogen-bond acceptors (Lipinski definition) is 4. The van der Waals surface area contributed by atoms with Crippen molar-refractivity contribution in [1.29, 1.82) is 0 Å². The normalized spacial score (nSPS) is 12.7. The van der Waals surface area contributed by atoms with E-state index in [0.29, 0.717) is 5.92 Å². The topological polar surface area (TPSA) is 25.8 Å². The molecule has 0 aliphatic rings. The summed E-state index contributed by atoms with van der Waals surface area (Å²) in [5.41, 5.74) is 5.10. The molecule has 0 fully saturated rings. The zero-order valence-electron chi connectivity index (χ0n) is 21.2. The van der Waals surface area contributed by atoms with Gasteiger partial charge in [0.2, 0.25) is 0 Å². The van der Waals surface area contributed by atoms with Gasteiger partial charge in [0.15, 0.2) is 0 Å². The summed E-state index contributed by atoms with van der Waals surface area (Å²) in [6.45, 7) is 13.8. The van der Waals surface area contributed by atoms with Crippen molar-refractivity contribution >= 4 is 63.8 Å². The molecule has 6 aromatic rings. The molecule has 0 amide bonds. The van der Waals surface area contributed by atoms with Crippen molar-refractivity contribution < 1.29 is 0 Å². The largest absolute Gasteiger partial charge is 0.236 e. The van der Waals surface area contributed by atoms with Crippen molar-refractivity contribution in [3.8, 4) is 11.3 Å². The van der Waals surface area contributed by atoms with Gasteiger partial charge in [0, 0.05) is 21.2 Å². The van der Waals surface area contributed by atoms with Gasteiger partial charge in [-0.2, -0.15) is 0 Å². The number of benzene rings is 3. The van der Waals surface area contributed by atoms with Crippen LogP contribution >= 0.6 is 22.7 Å². The Hall–Kier alpha value is -2.82. The first-order valence-electron chi connectivity index (χ1n) is 12.3. The van der Waals surface area contributed by atoms with E-state index in [-0.39, 0.29) is 5.41 Å². The van der Waals surface area contributed by atoms with E-state index < -0.39 is 0 Å². The molecule has 35 heavy (non-hydrogen) atoms. The van der Waals surface area contributed by atoms with Gasteiger partial charge in [-0.1, -0.05) is 71.0 Å². The van der Waals surface area contributed by atoms with Gasteiger partial charge in [-0.05, 0) is 64.1 Å². The van der Waals surface area contributed by atoms with Gasteiger partial charge in [-0.25, -0.2) is 9.97 Å². The summed E-state index contributed by atoms with van der Waals surface area (Å²) >= 11 is 3.75. The number of hydrogen-bond donors (Lipinski definition) is 0. The second-order valence-electron chi connectivity index (χ2n) is 11.1. The highest BCUT2D eigenvalue weighted by Crippen LogP contribution is 2.46. The lowest BCUT2D eigenvalue weighted by atomic mass is 9.82. The predicted octanol–water partition coefficient (Wildman–Crippen LogP) is 9.68. The first kappa shape index (κ1) is 22.6. The second-order valence-corrected chi connectivity index (χ2v) is 13.3. The number of aryl methyl sites for hydroxylation is 1. The van der Waals surface area contributed by atoms with E-state index in [1.165, 1.54) is 57.9 Å². The highest BCUT2D eigenvalue weighted by molar-refractivity contribution is 7.31. The van der Waals surface area contributed by atoms with Gasteiger partial charge in [-0.15, -0.1) is 22.7 Å².